The van der Waals surface area contributed by atoms with E-state index >= 15 is 0 Å². The van der Waals surface area contributed by atoms with E-state index in [1.807, 2.05) is 19.1 Å². The normalized spacial score (nSPS) is 10.8. The number of methoxy groups -OCH3 is 2. The van der Waals surface area contributed by atoms with Gasteiger partial charge in [-0.2, -0.15) is 0 Å². The molecule has 0 aliphatic rings. The van der Waals surface area contributed by atoms with E-state index in [1.54, 1.807) is 44.6 Å². The highest BCUT2D eigenvalue weighted by Gasteiger charge is 2.18. The van der Waals surface area contributed by atoms with Crippen LogP contribution in [-0.4, -0.2) is 36.9 Å². The van der Waals surface area contributed by atoms with Gasteiger partial charge in [-0.25, -0.2) is 0 Å². The third-order valence-corrected chi connectivity index (χ3v) is 4.28. The first-order valence-electron chi connectivity index (χ1n) is 9.15. The van der Waals surface area contributed by atoms with Crippen LogP contribution >= 0.6 is 0 Å². The number of nitrogens with zero attached hydrogens (tertiary/aromatic N) is 2. The van der Waals surface area contributed by atoms with Crippen molar-refractivity contribution in [2.45, 2.75) is 6.92 Å². The van der Waals surface area contributed by atoms with Crippen molar-refractivity contribution in [3.05, 3.63) is 48.2 Å². The van der Waals surface area contributed by atoms with E-state index in [4.69, 9.17) is 23.0 Å². The summed E-state index contributed by atoms with van der Waals surface area (Å²) >= 11 is 0. The molecule has 0 unspecified atom stereocenters. The summed E-state index contributed by atoms with van der Waals surface area (Å²) in [6.45, 7) is 2.36. The van der Waals surface area contributed by atoms with Crippen LogP contribution in [0.4, 0.5) is 6.01 Å². The molecule has 1 amide bonds. The average Bonchev–Trinajstić information content (AvgIpc) is 3.41. The molecule has 154 valence electrons. The third kappa shape index (κ3) is 3.77. The van der Waals surface area contributed by atoms with Crippen molar-refractivity contribution >= 4 is 22.9 Å². The van der Waals surface area contributed by atoms with Crippen LogP contribution in [0.3, 0.4) is 0 Å². The van der Waals surface area contributed by atoms with Crippen LogP contribution in [0.15, 0.2) is 51.3 Å². The van der Waals surface area contributed by atoms with Gasteiger partial charge in [-0.15, -0.1) is 5.10 Å². The van der Waals surface area contributed by atoms with E-state index in [2.05, 4.69) is 15.5 Å². The first-order chi connectivity index (χ1) is 14.6. The minimum absolute atomic E-state index is 0.0673. The summed E-state index contributed by atoms with van der Waals surface area (Å²) in [6.07, 6.45) is 0. The molecular weight excluding hydrogens is 390 g/mol. The Morgan fingerprint density at radius 3 is 2.50 bits per heavy atom. The van der Waals surface area contributed by atoms with Crippen molar-refractivity contribution in [2.75, 3.05) is 26.1 Å². The molecule has 4 aromatic rings. The van der Waals surface area contributed by atoms with Gasteiger partial charge in [0.05, 0.1) is 20.8 Å². The van der Waals surface area contributed by atoms with Crippen LogP contribution in [0.25, 0.3) is 22.4 Å². The summed E-state index contributed by atoms with van der Waals surface area (Å²) in [4.78, 5) is 12.6. The average molecular weight is 409 g/mol. The third-order valence-electron chi connectivity index (χ3n) is 4.28. The number of hydrogen-bond donors (Lipinski definition) is 1. The number of hydrogen-bond acceptors (Lipinski definition) is 8. The fourth-order valence-corrected chi connectivity index (χ4v) is 2.90. The molecule has 0 radical (unpaired) electrons. The number of nitrogens with one attached hydrogen (secondary N) is 1. The highest BCUT2D eigenvalue weighted by atomic mass is 16.5. The van der Waals surface area contributed by atoms with Crippen molar-refractivity contribution in [1.29, 1.82) is 0 Å². The monoisotopic (exact) mass is 409 g/mol. The number of carbonyl (C=O) groups is 1. The number of aromatic nitrogens is 2. The quantitative estimate of drug-likeness (QED) is 0.485. The number of amides is 1. The van der Waals surface area contributed by atoms with E-state index in [0.717, 1.165) is 5.39 Å². The zero-order valence-electron chi connectivity index (χ0n) is 16.6. The van der Waals surface area contributed by atoms with Crippen LogP contribution in [0.2, 0.25) is 0 Å². The Kier molecular flexibility index (Phi) is 5.25. The van der Waals surface area contributed by atoms with E-state index in [9.17, 15) is 4.79 Å². The van der Waals surface area contributed by atoms with Crippen LogP contribution in [0.1, 0.15) is 17.5 Å². The Morgan fingerprint density at radius 2 is 1.80 bits per heavy atom. The number of benzene rings is 2. The molecule has 0 bridgehead atoms. The fourth-order valence-electron chi connectivity index (χ4n) is 2.90. The summed E-state index contributed by atoms with van der Waals surface area (Å²) in [5, 5.41) is 11.1. The maximum Gasteiger partial charge on any atom is 0.322 e. The Morgan fingerprint density at radius 1 is 1.03 bits per heavy atom. The lowest BCUT2D eigenvalue weighted by atomic mass is 10.2. The molecule has 9 heteroatoms. The molecule has 0 fully saturated rings. The standard InChI is InChI=1S/C21H19N3O6/c1-4-28-16-7-5-6-12-10-17(29-18(12)16)19(25)22-21-24-23-20(30-21)13-8-14(26-2)11-15(9-13)27-3/h5-11H,4H2,1-3H3,(H,22,24,25). The molecule has 4 rings (SSSR count). The van der Waals surface area contributed by atoms with Gasteiger partial charge >= 0.3 is 6.01 Å². The molecule has 0 aliphatic carbocycles. The minimum atomic E-state index is -0.521. The Labute approximate surface area is 171 Å². The number of rotatable bonds is 7. The molecular formula is C21H19N3O6. The molecule has 30 heavy (non-hydrogen) atoms. The molecule has 2 heterocycles. The summed E-state index contributed by atoms with van der Waals surface area (Å²) in [7, 11) is 3.09. The minimum Gasteiger partial charge on any atom is -0.497 e. The maximum absolute atomic E-state index is 12.6. The second-order valence-corrected chi connectivity index (χ2v) is 6.19. The summed E-state index contributed by atoms with van der Waals surface area (Å²) < 4.78 is 27.3. The van der Waals surface area contributed by atoms with Gasteiger partial charge in [0, 0.05) is 17.0 Å². The lowest BCUT2D eigenvalue weighted by Crippen LogP contribution is -2.10. The van der Waals surface area contributed by atoms with Crippen molar-refractivity contribution in [1.82, 2.24) is 10.2 Å². The van der Waals surface area contributed by atoms with Crippen LogP contribution in [0, 0.1) is 0 Å². The fraction of sp³-hybridized carbons (Fsp3) is 0.190. The molecule has 0 spiro atoms. The maximum atomic E-state index is 12.6. The molecule has 2 aromatic heterocycles. The van der Waals surface area contributed by atoms with Crippen molar-refractivity contribution in [2.24, 2.45) is 0 Å². The largest absolute Gasteiger partial charge is 0.497 e. The zero-order valence-corrected chi connectivity index (χ0v) is 16.6. The number of carbonyl (C=O) groups excluding carboxylic acids is 1. The van der Waals surface area contributed by atoms with Crippen LogP contribution in [-0.2, 0) is 0 Å². The van der Waals surface area contributed by atoms with Gasteiger partial charge in [-0.3, -0.25) is 10.1 Å². The van der Waals surface area contributed by atoms with Crippen molar-refractivity contribution < 1.29 is 27.8 Å². The topological polar surface area (TPSA) is 109 Å². The van der Waals surface area contributed by atoms with Crippen LogP contribution < -0.4 is 19.5 Å². The first-order valence-corrected chi connectivity index (χ1v) is 9.15. The van der Waals surface area contributed by atoms with Gasteiger partial charge in [0.25, 0.3) is 5.91 Å². The van der Waals surface area contributed by atoms with Gasteiger partial charge in [-0.1, -0.05) is 17.2 Å². The summed E-state index contributed by atoms with van der Waals surface area (Å²) in [6, 6.07) is 12.2. The summed E-state index contributed by atoms with van der Waals surface area (Å²) in [5.74, 6) is 1.49. The number of para-hydroxylation sites is 1. The predicted molar refractivity (Wildman–Crippen MR) is 108 cm³/mol. The number of furan rings is 1. The molecule has 0 aliphatic heterocycles. The first kappa shape index (κ1) is 19.3. The number of anilines is 1. The number of fused-ring (bicyclic) bond motifs is 1. The van der Waals surface area contributed by atoms with Gasteiger partial charge in [0.1, 0.15) is 11.5 Å². The van der Waals surface area contributed by atoms with Gasteiger partial charge in [0.2, 0.25) is 5.89 Å². The number of ether oxygens (including phenoxy) is 3. The Hall–Kier alpha value is -4.01. The van der Waals surface area contributed by atoms with E-state index in [1.165, 1.54) is 0 Å². The lowest BCUT2D eigenvalue weighted by Gasteiger charge is -2.05. The zero-order chi connectivity index (χ0) is 21.1. The van der Waals surface area contributed by atoms with E-state index in [0.29, 0.717) is 35.0 Å². The van der Waals surface area contributed by atoms with Gasteiger partial charge in [-0.05, 0) is 31.2 Å². The molecule has 2 aromatic carbocycles. The molecule has 1 N–H and O–H groups in total. The highest BCUT2D eigenvalue weighted by molar-refractivity contribution is 6.04. The van der Waals surface area contributed by atoms with E-state index < -0.39 is 5.91 Å². The second-order valence-electron chi connectivity index (χ2n) is 6.19. The molecule has 9 nitrogen and oxygen atoms in total. The predicted octanol–water partition coefficient (Wildman–Crippen LogP) is 4.15. The molecule has 0 atom stereocenters. The second kappa shape index (κ2) is 8.16. The highest BCUT2D eigenvalue weighted by Crippen LogP contribution is 2.31. The smallest absolute Gasteiger partial charge is 0.322 e. The van der Waals surface area contributed by atoms with Crippen LogP contribution in [0.5, 0.6) is 17.2 Å². The molecule has 0 saturated carbocycles. The van der Waals surface area contributed by atoms with Gasteiger partial charge < -0.3 is 23.0 Å². The van der Waals surface area contributed by atoms with E-state index in [-0.39, 0.29) is 17.7 Å². The summed E-state index contributed by atoms with van der Waals surface area (Å²) in [5.41, 5.74) is 1.09. The Balaban J connectivity index is 1.56. The molecule has 0 saturated heterocycles. The Bertz CT molecular complexity index is 1170. The SMILES string of the molecule is CCOc1cccc2cc(C(=O)Nc3nnc(-c4cc(OC)cc(OC)c4)o3)oc12. The van der Waals surface area contributed by atoms with Gasteiger partial charge in [0.15, 0.2) is 17.1 Å². The van der Waals surface area contributed by atoms with Crippen molar-refractivity contribution in [3.63, 3.8) is 0 Å². The van der Waals surface area contributed by atoms with Crippen molar-refractivity contribution in [3.8, 4) is 28.7 Å². The lowest BCUT2D eigenvalue weighted by molar-refractivity contribution is 0.0995.